The summed E-state index contributed by atoms with van der Waals surface area (Å²) in [5.41, 5.74) is -0.195. The van der Waals surface area contributed by atoms with Gasteiger partial charge in [0.1, 0.15) is 35.2 Å². The summed E-state index contributed by atoms with van der Waals surface area (Å²) in [6.45, 7) is 4.98. The van der Waals surface area contributed by atoms with Crippen molar-refractivity contribution < 1.29 is 41.7 Å². The zero-order chi connectivity index (χ0) is 37.2. The Morgan fingerprint density at radius 3 is 2.58 bits per heavy atom. The number of methoxy groups -OCH3 is 1. The summed E-state index contributed by atoms with van der Waals surface area (Å²) in [7, 11) is 1.45. The number of carbonyl (C=O) groups is 1. The van der Waals surface area contributed by atoms with Crippen molar-refractivity contribution in [1.29, 1.82) is 0 Å². The number of fused-ring (bicyclic) bond motifs is 5. The summed E-state index contributed by atoms with van der Waals surface area (Å²) in [5, 5.41) is 10.8. The molecular weight excluding hydrogens is 696 g/mol. The number of hydrogen-bond donors (Lipinski definition) is 1. The lowest BCUT2D eigenvalue weighted by molar-refractivity contribution is 0.0512. The summed E-state index contributed by atoms with van der Waals surface area (Å²) in [4.78, 5) is 31.1. The van der Waals surface area contributed by atoms with Gasteiger partial charge in [-0.2, -0.15) is 18.7 Å². The molecular formula is C38H34F4N6O5. The standard InChI is InChI=1S/C38H34F4N6O5/c1-4-26-29(39)8-5-21-9-25(53-19-51-3)10-27(30(21)26)32-31(40)33-28(13-43-32)35(46-16-23-6-7-24(17-46)48(23)37(49)50)45-36(44-33)52-18-38-11-20(2)14-47(38)15-22(12-38)34(41)42/h1,5,8-10,13,23-24H,2,6-7,11-12,14-19H2,3H3,(H,49,50)/t23-,24+,38?. The maximum absolute atomic E-state index is 17.2. The zero-order valence-corrected chi connectivity index (χ0v) is 28.7. The molecule has 0 spiro atoms. The molecule has 15 heteroatoms. The molecule has 0 saturated carbocycles. The third-order valence-electron chi connectivity index (χ3n) is 10.8. The molecule has 0 aliphatic carbocycles. The maximum atomic E-state index is 17.2. The second kappa shape index (κ2) is 13.2. The smallest absolute Gasteiger partial charge is 0.407 e. The lowest BCUT2D eigenvalue weighted by Gasteiger charge is -2.40. The normalized spacial score (nSPS) is 22.5. The number of amides is 1. The monoisotopic (exact) mass is 730 g/mol. The number of aromatic nitrogens is 3. The molecule has 0 radical (unpaired) electrons. The van der Waals surface area contributed by atoms with E-state index in [0.29, 0.717) is 36.9 Å². The molecule has 6 heterocycles. The number of rotatable bonds is 8. The van der Waals surface area contributed by atoms with E-state index in [1.807, 2.05) is 9.80 Å². The van der Waals surface area contributed by atoms with Crippen molar-refractivity contribution in [3.8, 4) is 35.4 Å². The number of pyridine rings is 1. The van der Waals surface area contributed by atoms with Crippen molar-refractivity contribution in [3.63, 3.8) is 0 Å². The molecule has 4 aromatic rings. The summed E-state index contributed by atoms with van der Waals surface area (Å²) in [6.07, 6.45) is 6.25. The quantitative estimate of drug-likeness (QED) is 0.0953. The Balaban J connectivity index is 1.27. The minimum absolute atomic E-state index is 0.0291. The van der Waals surface area contributed by atoms with Crippen LogP contribution in [0.2, 0.25) is 0 Å². The SMILES string of the molecule is C#Cc1c(F)ccc2cc(OCOC)cc(-c3ncc4c(N5C[C@H]6CC[C@@H](C5)N6C(=O)O)nc(OCC56CC(=C)CN5CC(=C(F)F)C6)nc4c3F)c12. The van der Waals surface area contributed by atoms with Gasteiger partial charge in [-0.25, -0.2) is 13.6 Å². The molecule has 1 amide bonds. The first-order valence-corrected chi connectivity index (χ1v) is 17.0. The summed E-state index contributed by atoms with van der Waals surface area (Å²) < 4.78 is 76.8. The largest absolute Gasteiger partial charge is 0.468 e. The fourth-order valence-corrected chi connectivity index (χ4v) is 8.53. The highest BCUT2D eigenvalue weighted by Crippen LogP contribution is 2.45. The third-order valence-corrected chi connectivity index (χ3v) is 10.8. The Bertz CT molecular complexity index is 2260. The molecule has 274 valence electrons. The third kappa shape index (κ3) is 5.86. The number of benzene rings is 2. The summed E-state index contributed by atoms with van der Waals surface area (Å²) in [6, 6.07) is 5.03. The molecule has 2 aromatic heterocycles. The number of ether oxygens (including phenoxy) is 3. The molecule has 1 N–H and O–H groups in total. The first-order valence-electron chi connectivity index (χ1n) is 17.0. The topological polar surface area (TPSA) is 113 Å². The molecule has 8 rings (SSSR count). The van der Waals surface area contributed by atoms with Crippen molar-refractivity contribution in [2.45, 2.75) is 43.3 Å². The average Bonchev–Trinajstić information content (AvgIpc) is 3.74. The van der Waals surface area contributed by atoms with Crippen LogP contribution in [0.15, 0.2) is 54.3 Å². The molecule has 4 aliphatic rings. The fourth-order valence-electron chi connectivity index (χ4n) is 8.53. The van der Waals surface area contributed by atoms with Crippen LogP contribution in [-0.2, 0) is 4.74 Å². The Hall–Kier alpha value is -5.46. The first kappa shape index (κ1) is 34.6. The molecule has 53 heavy (non-hydrogen) atoms. The van der Waals surface area contributed by atoms with Gasteiger partial charge in [-0.15, -0.1) is 6.42 Å². The van der Waals surface area contributed by atoms with Gasteiger partial charge < -0.3 is 24.2 Å². The van der Waals surface area contributed by atoms with Gasteiger partial charge in [0.15, 0.2) is 12.6 Å². The van der Waals surface area contributed by atoms with Gasteiger partial charge in [-0.1, -0.05) is 24.1 Å². The number of hydrogen-bond acceptors (Lipinski definition) is 9. The number of anilines is 1. The number of terminal acetylenes is 1. The van der Waals surface area contributed by atoms with Crippen LogP contribution >= 0.6 is 0 Å². The van der Waals surface area contributed by atoms with E-state index in [1.54, 1.807) is 6.07 Å². The van der Waals surface area contributed by atoms with Crippen molar-refractivity contribution in [2.75, 3.05) is 51.6 Å². The fraction of sp³-hybridized carbons (Fsp3) is 0.368. The van der Waals surface area contributed by atoms with Gasteiger partial charge in [-0.3, -0.25) is 14.8 Å². The van der Waals surface area contributed by atoms with Gasteiger partial charge in [0, 0.05) is 56.0 Å². The van der Waals surface area contributed by atoms with Gasteiger partial charge in [0.2, 0.25) is 0 Å². The molecule has 2 aromatic carbocycles. The molecule has 3 atom stereocenters. The first-order chi connectivity index (χ1) is 25.5. The van der Waals surface area contributed by atoms with Crippen molar-refractivity contribution >= 4 is 33.6 Å². The van der Waals surface area contributed by atoms with E-state index in [9.17, 15) is 18.7 Å². The lowest BCUT2D eigenvalue weighted by Crippen LogP contribution is -2.55. The Morgan fingerprint density at radius 1 is 1.11 bits per heavy atom. The zero-order valence-electron chi connectivity index (χ0n) is 28.7. The number of carboxylic acid groups (broad SMARTS) is 1. The molecule has 2 bridgehead atoms. The van der Waals surface area contributed by atoms with Crippen LogP contribution in [-0.4, -0.2) is 100 Å². The van der Waals surface area contributed by atoms with Crippen LogP contribution in [0.4, 0.5) is 28.2 Å². The number of piperazine rings is 1. The van der Waals surface area contributed by atoms with Gasteiger partial charge in [0.25, 0.3) is 6.08 Å². The Labute approximate surface area is 301 Å². The van der Waals surface area contributed by atoms with E-state index < -0.39 is 29.3 Å². The predicted octanol–water partition coefficient (Wildman–Crippen LogP) is 6.35. The van der Waals surface area contributed by atoms with Crippen LogP contribution in [0.1, 0.15) is 31.2 Å². The number of halogens is 4. The van der Waals surface area contributed by atoms with Crippen molar-refractivity contribution in [1.82, 2.24) is 24.8 Å². The van der Waals surface area contributed by atoms with Gasteiger partial charge in [0.05, 0.1) is 28.6 Å². The molecule has 4 saturated heterocycles. The lowest BCUT2D eigenvalue weighted by atomic mass is 9.92. The minimum Gasteiger partial charge on any atom is -0.468 e. The van der Waals surface area contributed by atoms with Gasteiger partial charge >= 0.3 is 12.1 Å². The molecule has 11 nitrogen and oxygen atoms in total. The van der Waals surface area contributed by atoms with Gasteiger partial charge in [-0.05, 0) is 49.3 Å². The molecule has 4 aliphatic heterocycles. The summed E-state index contributed by atoms with van der Waals surface area (Å²) >= 11 is 0. The van der Waals surface area contributed by atoms with E-state index in [4.69, 9.17) is 25.6 Å². The van der Waals surface area contributed by atoms with Crippen LogP contribution in [0.25, 0.3) is 32.9 Å². The van der Waals surface area contributed by atoms with Crippen LogP contribution < -0.4 is 14.4 Å². The summed E-state index contributed by atoms with van der Waals surface area (Å²) in [5.74, 6) is 1.41. The maximum Gasteiger partial charge on any atom is 0.407 e. The molecule has 4 fully saturated rings. The molecule has 1 unspecified atom stereocenters. The van der Waals surface area contributed by atoms with Crippen molar-refractivity contribution in [2.24, 2.45) is 0 Å². The Morgan fingerprint density at radius 2 is 1.89 bits per heavy atom. The predicted molar refractivity (Wildman–Crippen MR) is 187 cm³/mol. The van der Waals surface area contributed by atoms with Crippen LogP contribution in [0, 0.1) is 24.0 Å². The average molecular weight is 731 g/mol. The van der Waals surface area contributed by atoms with Crippen LogP contribution in [0.3, 0.4) is 0 Å². The van der Waals surface area contributed by atoms with E-state index in [-0.39, 0.29) is 102 Å². The van der Waals surface area contributed by atoms with Crippen molar-refractivity contribution in [3.05, 3.63) is 71.5 Å². The van der Waals surface area contributed by atoms with E-state index in [2.05, 4.69) is 22.5 Å². The highest BCUT2D eigenvalue weighted by molar-refractivity contribution is 6.03. The minimum atomic E-state index is -1.72. The van der Waals surface area contributed by atoms with Crippen LogP contribution in [0.5, 0.6) is 11.8 Å². The number of nitrogens with zero attached hydrogens (tertiary/aromatic N) is 6. The van der Waals surface area contributed by atoms with E-state index in [0.717, 1.165) is 5.57 Å². The Kier molecular flexibility index (Phi) is 8.62. The second-order valence-corrected chi connectivity index (χ2v) is 14.0. The highest BCUT2D eigenvalue weighted by Gasteiger charge is 2.50. The van der Waals surface area contributed by atoms with E-state index >= 15 is 8.78 Å². The highest BCUT2D eigenvalue weighted by atomic mass is 19.3. The van der Waals surface area contributed by atoms with E-state index in [1.165, 1.54) is 36.4 Å². The second-order valence-electron chi connectivity index (χ2n) is 14.0.